The van der Waals surface area contributed by atoms with Gasteiger partial charge in [-0.2, -0.15) is 0 Å². The van der Waals surface area contributed by atoms with Gasteiger partial charge in [0.1, 0.15) is 5.82 Å². The van der Waals surface area contributed by atoms with Crippen molar-refractivity contribution in [2.75, 3.05) is 5.32 Å². The third-order valence-electron chi connectivity index (χ3n) is 2.31. The van der Waals surface area contributed by atoms with E-state index in [2.05, 4.69) is 35.2 Å². The molecule has 1 aliphatic rings. The molecule has 1 N–H and O–H groups in total. The van der Waals surface area contributed by atoms with Gasteiger partial charge in [-0.25, -0.2) is 9.97 Å². The lowest BCUT2D eigenvalue weighted by Gasteiger charge is -2.09. The van der Waals surface area contributed by atoms with Gasteiger partial charge in [-0.15, -0.1) is 0 Å². The van der Waals surface area contributed by atoms with Crippen molar-refractivity contribution in [1.82, 2.24) is 9.97 Å². The molecule has 14 heavy (non-hydrogen) atoms. The predicted octanol–water partition coefficient (Wildman–Crippen LogP) is 2.47. The van der Waals surface area contributed by atoms with Gasteiger partial charge in [-0.1, -0.05) is 19.9 Å². The molecule has 0 saturated carbocycles. The lowest BCUT2D eigenvalue weighted by Crippen LogP contribution is -2.03. The van der Waals surface area contributed by atoms with Crippen molar-refractivity contribution in [2.45, 2.75) is 32.6 Å². The number of allylic oxidation sites excluding steroid dienone is 1. The molecule has 0 atom stereocenters. The van der Waals surface area contributed by atoms with E-state index in [1.54, 1.807) is 0 Å². The molecule has 1 aromatic rings. The summed E-state index contributed by atoms with van der Waals surface area (Å²) in [4.78, 5) is 8.88. The number of rotatable bonds is 1. The van der Waals surface area contributed by atoms with Crippen LogP contribution in [-0.2, 0) is 6.42 Å². The minimum atomic E-state index is 0.400. The van der Waals surface area contributed by atoms with E-state index in [1.165, 1.54) is 0 Å². The summed E-state index contributed by atoms with van der Waals surface area (Å²) in [5, 5.41) is 3.19. The standard InChI is InChI=1S/C11H15N3/c1-8(2)11-13-7-10-9(14-11)5-3-4-6-12-10/h4,6-8,12H,3,5H2,1-2H3. The van der Waals surface area contributed by atoms with Crippen molar-refractivity contribution in [3.05, 3.63) is 30.0 Å². The van der Waals surface area contributed by atoms with Crippen LogP contribution in [0.1, 0.15) is 37.7 Å². The fourth-order valence-electron chi connectivity index (χ4n) is 1.47. The van der Waals surface area contributed by atoms with Crippen LogP contribution >= 0.6 is 0 Å². The Labute approximate surface area is 84.3 Å². The molecule has 0 fully saturated rings. The number of hydrogen-bond donors (Lipinski definition) is 1. The van der Waals surface area contributed by atoms with Crippen molar-refractivity contribution in [3.8, 4) is 0 Å². The quantitative estimate of drug-likeness (QED) is 0.737. The van der Waals surface area contributed by atoms with Gasteiger partial charge in [0, 0.05) is 5.92 Å². The first-order chi connectivity index (χ1) is 6.77. The molecule has 0 aliphatic carbocycles. The largest absolute Gasteiger partial charge is 0.359 e. The first-order valence-electron chi connectivity index (χ1n) is 5.04. The minimum absolute atomic E-state index is 0.400. The Bertz CT molecular complexity index is 356. The van der Waals surface area contributed by atoms with Crippen molar-refractivity contribution < 1.29 is 0 Å². The maximum atomic E-state index is 4.56. The summed E-state index contributed by atoms with van der Waals surface area (Å²) >= 11 is 0. The molecule has 74 valence electrons. The summed E-state index contributed by atoms with van der Waals surface area (Å²) in [7, 11) is 0. The predicted molar refractivity (Wildman–Crippen MR) is 57.2 cm³/mol. The number of nitrogens with one attached hydrogen (secondary N) is 1. The van der Waals surface area contributed by atoms with Crippen LogP contribution in [0.2, 0.25) is 0 Å². The van der Waals surface area contributed by atoms with Crippen LogP contribution in [0.15, 0.2) is 18.5 Å². The molecule has 0 radical (unpaired) electrons. The van der Waals surface area contributed by atoms with E-state index in [0.717, 1.165) is 30.0 Å². The summed E-state index contributed by atoms with van der Waals surface area (Å²) < 4.78 is 0. The maximum Gasteiger partial charge on any atom is 0.131 e. The van der Waals surface area contributed by atoms with E-state index in [4.69, 9.17) is 0 Å². The average Bonchev–Trinajstić information content (AvgIpc) is 2.41. The number of aryl methyl sites for hydroxylation is 1. The van der Waals surface area contributed by atoms with Crippen LogP contribution in [0, 0.1) is 0 Å². The Hall–Kier alpha value is -1.38. The maximum absolute atomic E-state index is 4.56. The van der Waals surface area contributed by atoms with Gasteiger partial charge in [-0.05, 0) is 19.0 Å². The number of hydrogen-bond acceptors (Lipinski definition) is 3. The van der Waals surface area contributed by atoms with Crippen molar-refractivity contribution in [1.29, 1.82) is 0 Å². The highest BCUT2D eigenvalue weighted by Gasteiger charge is 2.09. The van der Waals surface area contributed by atoms with Crippen LogP contribution in [0.25, 0.3) is 0 Å². The van der Waals surface area contributed by atoms with Crippen molar-refractivity contribution >= 4 is 5.69 Å². The third-order valence-corrected chi connectivity index (χ3v) is 2.31. The molecule has 0 bridgehead atoms. The van der Waals surface area contributed by atoms with E-state index >= 15 is 0 Å². The first-order valence-corrected chi connectivity index (χ1v) is 5.04. The van der Waals surface area contributed by atoms with E-state index in [9.17, 15) is 0 Å². The molecular weight excluding hydrogens is 174 g/mol. The molecule has 0 saturated heterocycles. The lowest BCUT2D eigenvalue weighted by molar-refractivity contribution is 0.756. The van der Waals surface area contributed by atoms with Crippen LogP contribution in [0.3, 0.4) is 0 Å². The van der Waals surface area contributed by atoms with Gasteiger partial charge in [0.2, 0.25) is 0 Å². The van der Waals surface area contributed by atoms with Gasteiger partial charge in [0.25, 0.3) is 0 Å². The summed E-state index contributed by atoms with van der Waals surface area (Å²) in [6.07, 6.45) is 8.02. The molecule has 2 rings (SSSR count). The van der Waals surface area contributed by atoms with Gasteiger partial charge < -0.3 is 5.32 Å². The lowest BCUT2D eigenvalue weighted by atomic mass is 10.1. The number of fused-ring (bicyclic) bond motifs is 1. The Morgan fingerprint density at radius 2 is 2.29 bits per heavy atom. The number of aromatic nitrogens is 2. The summed E-state index contributed by atoms with van der Waals surface area (Å²) in [5.41, 5.74) is 2.18. The van der Waals surface area contributed by atoms with Crippen LogP contribution in [0.5, 0.6) is 0 Å². The monoisotopic (exact) mass is 189 g/mol. The summed E-state index contributed by atoms with van der Waals surface area (Å²) in [6, 6.07) is 0. The van der Waals surface area contributed by atoms with E-state index < -0.39 is 0 Å². The number of nitrogens with zero attached hydrogens (tertiary/aromatic N) is 2. The Kier molecular flexibility index (Phi) is 2.48. The Morgan fingerprint density at radius 1 is 1.43 bits per heavy atom. The third kappa shape index (κ3) is 1.76. The molecule has 0 amide bonds. The zero-order valence-electron chi connectivity index (χ0n) is 8.62. The second-order valence-electron chi connectivity index (χ2n) is 3.83. The molecular formula is C11H15N3. The first kappa shape index (κ1) is 9.19. The normalized spacial score (nSPS) is 14.8. The molecule has 1 aromatic heterocycles. The fourth-order valence-corrected chi connectivity index (χ4v) is 1.47. The van der Waals surface area contributed by atoms with E-state index in [-0.39, 0.29) is 0 Å². The highest BCUT2D eigenvalue weighted by Crippen LogP contribution is 2.19. The molecule has 2 heterocycles. The highest BCUT2D eigenvalue weighted by atomic mass is 15.0. The van der Waals surface area contributed by atoms with Crippen molar-refractivity contribution in [2.24, 2.45) is 0 Å². The van der Waals surface area contributed by atoms with Gasteiger partial charge in [0.15, 0.2) is 0 Å². The smallest absolute Gasteiger partial charge is 0.131 e. The summed E-state index contributed by atoms with van der Waals surface area (Å²) in [5.74, 6) is 1.34. The molecule has 0 spiro atoms. The van der Waals surface area contributed by atoms with Gasteiger partial charge in [-0.3, -0.25) is 0 Å². The Morgan fingerprint density at radius 3 is 3.07 bits per heavy atom. The molecule has 3 heteroatoms. The molecule has 1 aliphatic heterocycles. The van der Waals surface area contributed by atoms with Gasteiger partial charge >= 0.3 is 0 Å². The van der Waals surface area contributed by atoms with Crippen molar-refractivity contribution in [3.63, 3.8) is 0 Å². The van der Waals surface area contributed by atoms with Gasteiger partial charge in [0.05, 0.1) is 17.6 Å². The number of anilines is 1. The van der Waals surface area contributed by atoms with Crippen LogP contribution < -0.4 is 5.32 Å². The zero-order valence-corrected chi connectivity index (χ0v) is 8.62. The molecule has 3 nitrogen and oxygen atoms in total. The topological polar surface area (TPSA) is 37.8 Å². The zero-order chi connectivity index (χ0) is 9.97. The Balaban J connectivity index is 2.35. The van der Waals surface area contributed by atoms with Crippen LogP contribution in [-0.4, -0.2) is 9.97 Å². The van der Waals surface area contributed by atoms with E-state index in [1.807, 2.05) is 12.4 Å². The summed E-state index contributed by atoms with van der Waals surface area (Å²) in [6.45, 7) is 4.23. The van der Waals surface area contributed by atoms with E-state index in [0.29, 0.717) is 5.92 Å². The molecule has 0 unspecified atom stereocenters. The highest BCUT2D eigenvalue weighted by molar-refractivity contribution is 5.49. The van der Waals surface area contributed by atoms with Crippen LogP contribution in [0.4, 0.5) is 5.69 Å². The average molecular weight is 189 g/mol. The second-order valence-corrected chi connectivity index (χ2v) is 3.83. The minimum Gasteiger partial charge on any atom is -0.359 e. The second kappa shape index (κ2) is 3.78. The SMILES string of the molecule is CC(C)c1ncc2c(n1)CCC=CN2. The fraction of sp³-hybridized carbons (Fsp3) is 0.455. The molecule has 0 aromatic carbocycles.